The van der Waals surface area contributed by atoms with Crippen LogP contribution in [0.25, 0.3) is 11.0 Å². The van der Waals surface area contributed by atoms with Gasteiger partial charge in [-0.2, -0.15) is 0 Å². The standard InChI is InChI=1S/C16H18N2O5/c1-4-7-23-14-10(5-2)18(6-3)11-8-9(15(19)20)12(16(21)22)17-13(11)14/h4,8H,1,5-7H2,2-3H3,(H,19,20)(H,21,22)/p-2. The van der Waals surface area contributed by atoms with Crippen molar-refractivity contribution >= 4 is 23.0 Å². The molecule has 0 spiro atoms. The zero-order chi connectivity index (χ0) is 17.1. The SMILES string of the molecule is C=CCOc1c(CC)n(CC)c2cc(C(=O)[O-])c(C(=O)[O-])nc12. The molecule has 0 saturated heterocycles. The number of carbonyl (C=O) groups is 2. The molecule has 0 saturated carbocycles. The fourth-order valence-corrected chi connectivity index (χ4v) is 2.60. The number of hydrogen-bond acceptors (Lipinski definition) is 6. The van der Waals surface area contributed by atoms with Crippen molar-refractivity contribution in [3.8, 4) is 5.75 Å². The van der Waals surface area contributed by atoms with Crippen LogP contribution < -0.4 is 14.9 Å². The highest BCUT2D eigenvalue weighted by molar-refractivity contribution is 6.02. The van der Waals surface area contributed by atoms with Gasteiger partial charge < -0.3 is 29.1 Å². The minimum Gasteiger partial charge on any atom is -0.545 e. The zero-order valence-corrected chi connectivity index (χ0v) is 12.9. The van der Waals surface area contributed by atoms with Crippen LogP contribution in [0.5, 0.6) is 5.75 Å². The van der Waals surface area contributed by atoms with E-state index in [4.69, 9.17) is 4.74 Å². The Labute approximate surface area is 132 Å². The second-order valence-electron chi connectivity index (χ2n) is 4.80. The third-order valence-electron chi connectivity index (χ3n) is 3.51. The van der Waals surface area contributed by atoms with Crippen molar-refractivity contribution in [2.75, 3.05) is 6.61 Å². The first-order chi connectivity index (χ1) is 11.0. The molecule has 2 rings (SSSR count). The summed E-state index contributed by atoms with van der Waals surface area (Å²) in [6, 6.07) is 1.24. The zero-order valence-electron chi connectivity index (χ0n) is 12.9. The molecular formula is C16H16N2O5-2. The summed E-state index contributed by atoms with van der Waals surface area (Å²) in [4.78, 5) is 26.4. The fourth-order valence-electron chi connectivity index (χ4n) is 2.60. The third kappa shape index (κ3) is 2.77. The van der Waals surface area contributed by atoms with Gasteiger partial charge in [-0.05, 0) is 19.4 Å². The molecular weight excluding hydrogens is 300 g/mol. The Kier molecular flexibility index (Phi) is 4.68. The average Bonchev–Trinajstić information content (AvgIpc) is 2.83. The summed E-state index contributed by atoms with van der Waals surface area (Å²) in [7, 11) is 0. The number of hydrogen-bond donors (Lipinski definition) is 0. The number of aromatic carboxylic acids is 2. The molecule has 7 nitrogen and oxygen atoms in total. The van der Waals surface area contributed by atoms with Crippen molar-refractivity contribution in [1.29, 1.82) is 0 Å². The Bertz CT molecular complexity index is 792. The number of aromatic nitrogens is 2. The van der Waals surface area contributed by atoms with Gasteiger partial charge in [0.1, 0.15) is 12.1 Å². The summed E-state index contributed by atoms with van der Waals surface area (Å²) < 4.78 is 7.47. The molecule has 0 aliphatic rings. The molecule has 23 heavy (non-hydrogen) atoms. The predicted octanol–water partition coefficient (Wildman–Crippen LogP) is -0.0896. The number of aryl methyl sites for hydroxylation is 1. The maximum atomic E-state index is 11.2. The van der Waals surface area contributed by atoms with Gasteiger partial charge in [-0.1, -0.05) is 19.6 Å². The van der Waals surface area contributed by atoms with Gasteiger partial charge in [-0.25, -0.2) is 4.98 Å². The Morgan fingerprint density at radius 3 is 2.52 bits per heavy atom. The van der Waals surface area contributed by atoms with Gasteiger partial charge in [0.2, 0.25) is 0 Å². The maximum absolute atomic E-state index is 11.2. The Morgan fingerprint density at radius 2 is 2.04 bits per heavy atom. The number of carboxylic acid groups (broad SMARTS) is 2. The van der Waals surface area contributed by atoms with Crippen molar-refractivity contribution < 1.29 is 24.5 Å². The second kappa shape index (κ2) is 6.51. The largest absolute Gasteiger partial charge is 0.545 e. The van der Waals surface area contributed by atoms with Crippen molar-refractivity contribution in [2.24, 2.45) is 0 Å². The van der Waals surface area contributed by atoms with Crippen LogP contribution in [0.4, 0.5) is 0 Å². The van der Waals surface area contributed by atoms with Crippen molar-refractivity contribution in [1.82, 2.24) is 9.55 Å². The van der Waals surface area contributed by atoms with Crippen molar-refractivity contribution in [3.05, 3.63) is 35.7 Å². The van der Waals surface area contributed by atoms with Crippen LogP contribution >= 0.6 is 0 Å². The topological polar surface area (TPSA) is 107 Å². The minimum atomic E-state index is -1.68. The molecule has 0 atom stereocenters. The molecule has 0 unspecified atom stereocenters. The van der Waals surface area contributed by atoms with Crippen LogP contribution in [-0.4, -0.2) is 28.1 Å². The van der Waals surface area contributed by atoms with Crippen LogP contribution in [0.1, 0.15) is 40.4 Å². The van der Waals surface area contributed by atoms with Gasteiger partial charge in [-0.3, -0.25) is 0 Å². The first kappa shape index (κ1) is 16.5. The summed E-state index contributed by atoms with van der Waals surface area (Å²) in [6.45, 7) is 8.16. The van der Waals surface area contributed by atoms with E-state index in [1.54, 1.807) is 6.08 Å². The lowest BCUT2D eigenvalue weighted by Crippen LogP contribution is -2.31. The van der Waals surface area contributed by atoms with E-state index in [0.717, 1.165) is 5.69 Å². The van der Waals surface area contributed by atoms with Crippen LogP contribution in [-0.2, 0) is 13.0 Å². The summed E-state index contributed by atoms with van der Waals surface area (Å²) in [6.07, 6.45) is 2.17. The fraction of sp³-hybridized carbons (Fsp3) is 0.312. The number of rotatable bonds is 7. The molecule has 0 radical (unpaired) electrons. The summed E-state index contributed by atoms with van der Waals surface area (Å²) in [5.41, 5.74) is 0.387. The van der Waals surface area contributed by atoms with E-state index in [9.17, 15) is 19.8 Å². The van der Waals surface area contributed by atoms with Gasteiger partial charge >= 0.3 is 0 Å². The van der Waals surface area contributed by atoms with E-state index >= 15 is 0 Å². The number of fused-ring (bicyclic) bond motifs is 1. The summed E-state index contributed by atoms with van der Waals surface area (Å²) in [5.74, 6) is -2.87. The molecule has 0 fully saturated rings. The van der Waals surface area contributed by atoms with E-state index in [-0.39, 0.29) is 12.1 Å². The highest BCUT2D eigenvalue weighted by Crippen LogP contribution is 2.33. The number of pyridine rings is 1. The van der Waals surface area contributed by atoms with E-state index in [2.05, 4.69) is 11.6 Å². The first-order valence-electron chi connectivity index (χ1n) is 7.18. The second-order valence-corrected chi connectivity index (χ2v) is 4.80. The average molecular weight is 316 g/mol. The molecule has 2 aromatic rings. The molecule has 0 amide bonds. The number of carboxylic acids is 2. The van der Waals surface area contributed by atoms with Crippen LogP contribution in [0, 0.1) is 0 Å². The smallest absolute Gasteiger partial charge is 0.166 e. The molecule has 0 aromatic carbocycles. The van der Waals surface area contributed by atoms with Gasteiger partial charge in [0.15, 0.2) is 5.75 Å². The Morgan fingerprint density at radius 1 is 1.35 bits per heavy atom. The van der Waals surface area contributed by atoms with E-state index in [0.29, 0.717) is 24.2 Å². The number of ether oxygens (including phenoxy) is 1. The van der Waals surface area contributed by atoms with Crippen LogP contribution in [0.2, 0.25) is 0 Å². The van der Waals surface area contributed by atoms with Gasteiger partial charge in [0.05, 0.1) is 28.8 Å². The van der Waals surface area contributed by atoms with Gasteiger partial charge in [0, 0.05) is 12.1 Å². The highest BCUT2D eigenvalue weighted by Gasteiger charge is 2.21. The van der Waals surface area contributed by atoms with Crippen molar-refractivity contribution in [2.45, 2.75) is 26.8 Å². The minimum absolute atomic E-state index is 0.223. The quantitative estimate of drug-likeness (QED) is 0.661. The van der Waals surface area contributed by atoms with Crippen LogP contribution in [0.3, 0.4) is 0 Å². The lowest BCUT2D eigenvalue weighted by atomic mass is 10.1. The molecule has 2 aromatic heterocycles. The molecule has 0 N–H and O–H groups in total. The normalized spacial score (nSPS) is 10.7. The monoisotopic (exact) mass is 316 g/mol. The maximum Gasteiger partial charge on any atom is 0.166 e. The molecule has 0 aliphatic heterocycles. The van der Waals surface area contributed by atoms with E-state index < -0.39 is 23.2 Å². The van der Waals surface area contributed by atoms with Gasteiger partial charge in [-0.15, -0.1) is 0 Å². The van der Waals surface area contributed by atoms with Gasteiger partial charge in [0.25, 0.3) is 0 Å². The first-order valence-corrected chi connectivity index (χ1v) is 7.18. The van der Waals surface area contributed by atoms with Crippen molar-refractivity contribution in [3.63, 3.8) is 0 Å². The molecule has 0 bridgehead atoms. The highest BCUT2D eigenvalue weighted by atomic mass is 16.5. The van der Waals surface area contributed by atoms with E-state index in [1.165, 1.54) is 6.07 Å². The number of carbonyl (C=O) groups excluding carboxylic acids is 2. The third-order valence-corrected chi connectivity index (χ3v) is 3.51. The molecule has 7 heteroatoms. The molecule has 0 aliphatic carbocycles. The number of nitrogens with zero attached hydrogens (tertiary/aromatic N) is 2. The lowest BCUT2D eigenvalue weighted by Gasteiger charge is -2.12. The summed E-state index contributed by atoms with van der Waals surface area (Å²) >= 11 is 0. The molecule has 2 heterocycles. The summed E-state index contributed by atoms with van der Waals surface area (Å²) in [5, 5.41) is 22.4. The lowest BCUT2D eigenvalue weighted by molar-refractivity contribution is -0.260. The molecule has 122 valence electrons. The Balaban J connectivity index is 2.88. The van der Waals surface area contributed by atoms with Crippen LogP contribution in [0.15, 0.2) is 18.7 Å². The van der Waals surface area contributed by atoms with E-state index in [1.807, 2.05) is 18.4 Å². The Hall–Kier alpha value is -2.83. The predicted molar refractivity (Wildman–Crippen MR) is 79.1 cm³/mol.